The molecule has 0 saturated carbocycles. The Labute approximate surface area is 148 Å². The Morgan fingerprint density at radius 3 is 2.48 bits per heavy atom. The van der Waals surface area contributed by atoms with Gasteiger partial charge in [-0.15, -0.1) is 0 Å². The molecule has 0 aliphatic carbocycles. The van der Waals surface area contributed by atoms with Gasteiger partial charge in [0.2, 0.25) is 5.91 Å². The average Bonchev–Trinajstić information content (AvgIpc) is 2.91. The molecule has 0 spiro atoms. The van der Waals surface area contributed by atoms with Gasteiger partial charge in [0.1, 0.15) is 0 Å². The Morgan fingerprint density at radius 2 is 1.83 bits per heavy atom. The minimum atomic E-state index is -0.919. The van der Waals surface area contributed by atoms with Gasteiger partial charge in [-0.1, -0.05) is 33.3 Å². The van der Waals surface area contributed by atoms with Crippen LogP contribution in [0.15, 0.2) is 0 Å². The van der Waals surface area contributed by atoms with E-state index in [0.717, 1.165) is 42.5 Å². The largest absolute Gasteiger partial charge is 0.481 e. The number of thioether (sulfide) groups is 1. The lowest BCUT2D eigenvalue weighted by molar-refractivity contribution is -0.136. The molecule has 0 atom stereocenters. The number of rotatable bonds is 11. The first-order valence-corrected chi connectivity index (χ1v) is 11.1. The lowest BCUT2D eigenvalue weighted by Gasteiger charge is -2.21. The predicted octanol–water partition coefficient (Wildman–Crippen LogP) is 1.88. The van der Waals surface area contributed by atoms with Crippen molar-refractivity contribution in [3.63, 3.8) is 0 Å². The molecular formula is C14H24N2O4S3. The molecule has 1 saturated heterocycles. The smallest absolute Gasteiger partial charge is 0.304 e. The van der Waals surface area contributed by atoms with Crippen molar-refractivity contribution < 1.29 is 19.5 Å². The molecule has 132 valence electrons. The minimum Gasteiger partial charge on any atom is -0.481 e. The number of nitrogens with one attached hydrogen (secondary N) is 1. The van der Waals surface area contributed by atoms with Crippen LogP contribution in [0.1, 0.15) is 38.5 Å². The fraction of sp³-hybridized carbons (Fsp3) is 0.786. The minimum absolute atomic E-state index is 0.0394. The van der Waals surface area contributed by atoms with Gasteiger partial charge in [-0.3, -0.25) is 14.4 Å². The van der Waals surface area contributed by atoms with Gasteiger partial charge < -0.3 is 16.2 Å². The van der Waals surface area contributed by atoms with E-state index >= 15 is 0 Å². The summed E-state index contributed by atoms with van der Waals surface area (Å²) in [5.41, 5.74) is 6.18. The summed E-state index contributed by atoms with van der Waals surface area (Å²) in [5, 5.41) is 11.1. The first-order chi connectivity index (χ1) is 10.9. The molecule has 0 aromatic heterocycles. The van der Waals surface area contributed by atoms with Crippen LogP contribution in [0.3, 0.4) is 0 Å². The number of carbonyl (C=O) groups is 3. The number of aliphatic carboxylic acids is 1. The molecule has 0 aromatic carbocycles. The van der Waals surface area contributed by atoms with Crippen LogP contribution in [0.4, 0.5) is 0 Å². The van der Waals surface area contributed by atoms with Gasteiger partial charge in [0, 0.05) is 42.2 Å². The second-order valence-corrected chi connectivity index (χ2v) is 9.17. The van der Waals surface area contributed by atoms with E-state index in [9.17, 15) is 14.4 Å². The topological polar surface area (TPSA) is 109 Å². The van der Waals surface area contributed by atoms with Crippen LogP contribution in [0.5, 0.6) is 0 Å². The highest BCUT2D eigenvalue weighted by Crippen LogP contribution is 2.38. The number of amides is 1. The van der Waals surface area contributed by atoms with Crippen LogP contribution in [-0.2, 0) is 14.4 Å². The van der Waals surface area contributed by atoms with E-state index < -0.39 is 5.97 Å². The summed E-state index contributed by atoms with van der Waals surface area (Å²) < 4.78 is 0. The highest BCUT2D eigenvalue weighted by atomic mass is 33.1. The summed E-state index contributed by atoms with van der Waals surface area (Å²) >= 11 is 0.975. The Bertz CT molecular complexity index is 415. The molecule has 0 aromatic rings. The maximum Gasteiger partial charge on any atom is 0.304 e. The summed E-state index contributed by atoms with van der Waals surface area (Å²) in [6, 6.07) is 0. The van der Waals surface area contributed by atoms with Gasteiger partial charge in [-0.25, -0.2) is 0 Å². The molecule has 6 nitrogen and oxygen atoms in total. The summed E-state index contributed by atoms with van der Waals surface area (Å²) in [5.74, 6) is 1.19. The molecule has 1 rings (SSSR count). The van der Waals surface area contributed by atoms with Crippen molar-refractivity contribution in [1.82, 2.24) is 5.32 Å². The van der Waals surface area contributed by atoms with Crippen molar-refractivity contribution in [2.45, 2.75) is 44.1 Å². The van der Waals surface area contributed by atoms with Crippen molar-refractivity contribution in [1.29, 1.82) is 0 Å². The first kappa shape index (κ1) is 20.7. The van der Waals surface area contributed by atoms with Gasteiger partial charge in [0.05, 0.1) is 6.42 Å². The summed E-state index contributed by atoms with van der Waals surface area (Å²) in [7, 11) is 3.64. The summed E-state index contributed by atoms with van der Waals surface area (Å²) in [6.07, 6.45) is 3.12. The highest BCUT2D eigenvalue weighted by molar-refractivity contribution is 8.77. The molecule has 0 radical (unpaired) electrons. The molecule has 1 fully saturated rings. The van der Waals surface area contributed by atoms with Crippen LogP contribution >= 0.6 is 33.3 Å². The molecule has 0 unspecified atom stereocenters. The van der Waals surface area contributed by atoms with Crippen molar-refractivity contribution in [3.05, 3.63) is 0 Å². The van der Waals surface area contributed by atoms with Gasteiger partial charge in [-0.2, -0.15) is 0 Å². The van der Waals surface area contributed by atoms with E-state index in [2.05, 4.69) is 5.32 Å². The fourth-order valence-electron chi connectivity index (χ4n) is 1.96. The van der Waals surface area contributed by atoms with E-state index in [1.807, 2.05) is 21.6 Å². The molecule has 23 heavy (non-hydrogen) atoms. The number of nitrogens with two attached hydrogens (primary N) is 1. The molecule has 4 N–H and O–H groups in total. The summed E-state index contributed by atoms with van der Waals surface area (Å²) in [6.45, 7) is 0.607. The van der Waals surface area contributed by atoms with Crippen LogP contribution in [0.25, 0.3) is 0 Å². The van der Waals surface area contributed by atoms with Crippen molar-refractivity contribution >= 4 is 50.3 Å². The Balaban J connectivity index is 1.97. The third kappa shape index (κ3) is 10.2. The van der Waals surface area contributed by atoms with E-state index in [4.69, 9.17) is 10.8 Å². The normalized spacial score (nSPS) is 16.2. The zero-order chi connectivity index (χ0) is 17.1. The molecule has 1 aliphatic rings. The van der Waals surface area contributed by atoms with Gasteiger partial charge in [0.15, 0.2) is 5.12 Å². The van der Waals surface area contributed by atoms with Crippen LogP contribution < -0.4 is 11.1 Å². The molecule has 9 heteroatoms. The first-order valence-electron chi connectivity index (χ1n) is 7.59. The zero-order valence-corrected chi connectivity index (χ0v) is 15.5. The standard InChI is InChI=1S/C14H24N2O4S3/c15-14(9-22-23-10-14)6-1-2-7-16-11(17)3-4-13(20)21-8-5-12(18)19/h1-10,15H2,(H,16,17)(H,18,19). The monoisotopic (exact) mass is 380 g/mol. The van der Waals surface area contributed by atoms with E-state index in [1.54, 1.807) is 0 Å². The Hall–Kier alpha value is -0.380. The second kappa shape index (κ2) is 11.2. The second-order valence-electron chi connectivity index (χ2n) is 5.56. The van der Waals surface area contributed by atoms with Crippen molar-refractivity contribution in [2.24, 2.45) is 5.73 Å². The number of carboxylic acids is 1. The number of carboxylic acid groups (broad SMARTS) is 1. The predicted molar refractivity (Wildman–Crippen MR) is 97.6 cm³/mol. The van der Waals surface area contributed by atoms with E-state index in [-0.39, 0.29) is 41.6 Å². The maximum atomic E-state index is 11.6. The molecule has 1 heterocycles. The summed E-state index contributed by atoms with van der Waals surface area (Å²) in [4.78, 5) is 33.4. The van der Waals surface area contributed by atoms with Crippen molar-refractivity contribution in [2.75, 3.05) is 23.8 Å². The van der Waals surface area contributed by atoms with Crippen LogP contribution in [0.2, 0.25) is 0 Å². The van der Waals surface area contributed by atoms with Crippen molar-refractivity contribution in [3.8, 4) is 0 Å². The van der Waals surface area contributed by atoms with Gasteiger partial charge in [-0.05, 0) is 19.3 Å². The van der Waals surface area contributed by atoms with E-state index in [0.29, 0.717) is 6.54 Å². The third-order valence-corrected chi connectivity index (χ3v) is 7.03. The lowest BCUT2D eigenvalue weighted by atomic mass is 9.98. The fourth-order valence-corrected chi connectivity index (χ4v) is 5.88. The number of hydrogen-bond donors (Lipinski definition) is 3. The molecule has 0 bridgehead atoms. The van der Waals surface area contributed by atoms with Crippen LogP contribution in [-0.4, -0.2) is 51.4 Å². The van der Waals surface area contributed by atoms with Gasteiger partial charge in [0.25, 0.3) is 0 Å². The lowest BCUT2D eigenvalue weighted by Crippen LogP contribution is -2.42. The van der Waals surface area contributed by atoms with Gasteiger partial charge >= 0.3 is 5.97 Å². The van der Waals surface area contributed by atoms with Crippen LogP contribution in [0, 0.1) is 0 Å². The van der Waals surface area contributed by atoms with E-state index in [1.165, 1.54) is 0 Å². The third-order valence-electron chi connectivity index (χ3n) is 3.33. The molecular weight excluding hydrogens is 356 g/mol. The Kier molecular flexibility index (Phi) is 10.1. The number of hydrogen-bond acceptors (Lipinski definition) is 7. The maximum absolute atomic E-state index is 11.6. The molecule has 1 aliphatic heterocycles. The Morgan fingerprint density at radius 1 is 1.13 bits per heavy atom. The highest BCUT2D eigenvalue weighted by Gasteiger charge is 2.29. The quantitative estimate of drug-likeness (QED) is 0.368. The average molecular weight is 381 g/mol. The number of unbranched alkanes of at least 4 members (excludes halogenated alkanes) is 1. The zero-order valence-electron chi connectivity index (χ0n) is 13.0. The molecule has 1 amide bonds. The number of carbonyl (C=O) groups excluding carboxylic acids is 2. The SMILES string of the molecule is NC1(CCCCNC(=O)CCC(=O)SCCC(=O)O)CSSC1.